The van der Waals surface area contributed by atoms with E-state index in [9.17, 15) is 4.79 Å². The highest BCUT2D eigenvalue weighted by Gasteiger charge is 2.21. The lowest BCUT2D eigenvalue weighted by atomic mass is 10.2. The molecule has 1 N–H and O–H groups in total. The van der Waals surface area contributed by atoms with Gasteiger partial charge in [0.05, 0.1) is 5.56 Å². The minimum atomic E-state index is -0.869. The van der Waals surface area contributed by atoms with Crippen molar-refractivity contribution in [1.29, 1.82) is 0 Å². The molecule has 1 aliphatic rings. The number of hydrogen-bond donors (Lipinski definition) is 1. The highest BCUT2D eigenvalue weighted by atomic mass is 32.2. The standard InChI is InChI=1S/C12H15NO2S/c1-8-6-7-13-11(10(8)12(14)15)16-9-4-2-3-5-9/h6-7,9H,2-5H2,1H3,(H,14,15). The Bertz CT molecular complexity index is 400. The summed E-state index contributed by atoms with van der Waals surface area (Å²) in [5.74, 6) is -0.869. The molecule has 1 aromatic heterocycles. The maximum Gasteiger partial charge on any atom is 0.338 e. The first-order chi connectivity index (χ1) is 7.68. The second kappa shape index (κ2) is 4.87. The summed E-state index contributed by atoms with van der Waals surface area (Å²) in [6.07, 6.45) is 6.57. The first-order valence-electron chi connectivity index (χ1n) is 5.54. The zero-order valence-electron chi connectivity index (χ0n) is 9.27. The number of rotatable bonds is 3. The molecule has 16 heavy (non-hydrogen) atoms. The maximum atomic E-state index is 11.2. The number of aryl methyl sites for hydroxylation is 1. The van der Waals surface area contributed by atoms with Gasteiger partial charge in [0.2, 0.25) is 0 Å². The second-order valence-electron chi connectivity index (χ2n) is 4.14. The third-order valence-corrected chi connectivity index (χ3v) is 4.26. The Hall–Kier alpha value is -1.03. The number of thioether (sulfide) groups is 1. The van der Waals surface area contributed by atoms with Crippen LogP contribution >= 0.6 is 11.8 Å². The summed E-state index contributed by atoms with van der Waals surface area (Å²) in [5.41, 5.74) is 1.17. The van der Waals surface area contributed by atoms with Gasteiger partial charge in [0.15, 0.2) is 0 Å². The first-order valence-corrected chi connectivity index (χ1v) is 6.42. The molecule has 0 aliphatic heterocycles. The van der Waals surface area contributed by atoms with Crippen molar-refractivity contribution in [3.8, 4) is 0 Å². The molecule has 1 heterocycles. The van der Waals surface area contributed by atoms with Gasteiger partial charge in [-0.15, -0.1) is 11.8 Å². The fourth-order valence-electron chi connectivity index (χ4n) is 2.05. The third kappa shape index (κ3) is 2.38. The molecule has 4 heteroatoms. The van der Waals surface area contributed by atoms with Gasteiger partial charge >= 0.3 is 5.97 Å². The average Bonchev–Trinajstić information content (AvgIpc) is 2.70. The summed E-state index contributed by atoms with van der Waals surface area (Å²) in [4.78, 5) is 15.4. The summed E-state index contributed by atoms with van der Waals surface area (Å²) >= 11 is 1.63. The van der Waals surface area contributed by atoms with E-state index < -0.39 is 5.97 Å². The molecule has 0 spiro atoms. The van der Waals surface area contributed by atoms with Crippen LogP contribution in [0.5, 0.6) is 0 Å². The minimum Gasteiger partial charge on any atom is -0.478 e. The topological polar surface area (TPSA) is 50.2 Å². The normalized spacial score (nSPS) is 16.6. The van der Waals surface area contributed by atoms with E-state index in [1.807, 2.05) is 6.92 Å². The Balaban J connectivity index is 2.25. The van der Waals surface area contributed by atoms with Crippen LogP contribution in [0.4, 0.5) is 0 Å². The molecule has 0 saturated heterocycles. The van der Waals surface area contributed by atoms with Crippen molar-refractivity contribution in [1.82, 2.24) is 4.98 Å². The first kappa shape index (κ1) is 11.5. The fraction of sp³-hybridized carbons (Fsp3) is 0.500. The van der Waals surface area contributed by atoms with Crippen LogP contribution in [0.25, 0.3) is 0 Å². The summed E-state index contributed by atoms with van der Waals surface area (Å²) in [6.45, 7) is 1.82. The molecule has 0 unspecified atom stereocenters. The van der Waals surface area contributed by atoms with Gasteiger partial charge in [0, 0.05) is 11.4 Å². The van der Waals surface area contributed by atoms with Gasteiger partial charge in [-0.3, -0.25) is 0 Å². The Kier molecular flexibility index (Phi) is 3.49. The maximum absolute atomic E-state index is 11.2. The molecule has 1 fully saturated rings. The van der Waals surface area contributed by atoms with Gasteiger partial charge in [-0.25, -0.2) is 9.78 Å². The smallest absolute Gasteiger partial charge is 0.338 e. The molecule has 2 rings (SSSR count). The lowest BCUT2D eigenvalue weighted by Gasteiger charge is -2.11. The summed E-state index contributed by atoms with van der Waals surface area (Å²) in [6, 6.07) is 1.75. The van der Waals surface area contributed by atoms with Gasteiger partial charge in [-0.1, -0.05) is 12.8 Å². The summed E-state index contributed by atoms with van der Waals surface area (Å²) < 4.78 is 0. The number of aromatic nitrogens is 1. The largest absolute Gasteiger partial charge is 0.478 e. The molecule has 0 atom stereocenters. The number of carboxylic acid groups (broad SMARTS) is 1. The number of pyridine rings is 1. The molecule has 1 saturated carbocycles. The number of hydrogen-bond acceptors (Lipinski definition) is 3. The van der Waals surface area contributed by atoms with Crippen molar-refractivity contribution in [2.45, 2.75) is 42.9 Å². The van der Waals surface area contributed by atoms with Crippen LogP contribution in [0.15, 0.2) is 17.3 Å². The minimum absolute atomic E-state index is 0.374. The Morgan fingerprint density at radius 2 is 2.19 bits per heavy atom. The molecule has 86 valence electrons. The van der Waals surface area contributed by atoms with Crippen LogP contribution in [0.1, 0.15) is 41.6 Å². The van der Waals surface area contributed by atoms with Crippen LogP contribution < -0.4 is 0 Å². The van der Waals surface area contributed by atoms with E-state index in [0.717, 1.165) is 5.56 Å². The highest BCUT2D eigenvalue weighted by Crippen LogP contribution is 2.35. The summed E-state index contributed by atoms with van der Waals surface area (Å²) in [7, 11) is 0. The van der Waals surface area contributed by atoms with E-state index in [2.05, 4.69) is 4.98 Å². The van der Waals surface area contributed by atoms with E-state index in [4.69, 9.17) is 5.11 Å². The number of aromatic carboxylic acids is 1. The average molecular weight is 237 g/mol. The van der Waals surface area contributed by atoms with Crippen LogP contribution in [0, 0.1) is 6.92 Å². The number of carboxylic acids is 1. The van der Waals surface area contributed by atoms with Crippen molar-refractivity contribution in [2.24, 2.45) is 0 Å². The molecule has 1 aromatic rings. The van der Waals surface area contributed by atoms with Crippen LogP contribution in [-0.2, 0) is 0 Å². The number of nitrogens with zero attached hydrogens (tertiary/aromatic N) is 1. The predicted octanol–water partition coefficient (Wildman–Crippen LogP) is 3.12. The van der Waals surface area contributed by atoms with Gasteiger partial charge in [-0.05, 0) is 31.4 Å². The van der Waals surface area contributed by atoms with E-state index in [0.29, 0.717) is 15.8 Å². The SMILES string of the molecule is Cc1ccnc(SC2CCCC2)c1C(=O)O. The van der Waals surface area contributed by atoms with Crippen LogP contribution in [0.3, 0.4) is 0 Å². The van der Waals surface area contributed by atoms with E-state index in [1.54, 1.807) is 24.0 Å². The van der Waals surface area contributed by atoms with E-state index in [1.165, 1.54) is 25.7 Å². The highest BCUT2D eigenvalue weighted by molar-refractivity contribution is 7.99. The Morgan fingerprint density at radius 3 is 2.81 bits per heavy atom. The van der Waals surface area contributed by atoms with Crippen LogP contribution in [-0.4, -0.2) is 21.3 Å². The molecule has 0 aromatic carbocycles. The molecular weight excluding hydrogens is 222 g/mol. The van der Waals surface area contributed by atoms with Crippen molar-refractivity contribution < 1.29 is 9.90 Å². The lowest BCUT2D eigenvalue weighted by Crippen LogP contribution is -2.06. The molecular formula is C12H15NO2S. The molecule has 0 amide bonds. The van der Waals surface area contributed by atoms with E-state index >= 15 is 0 Å². The Morgan fingerprint density at radius 1 is 1.50 bits per heavy atom. The van der Waals surface area contributed by atoms with Crippen molar-refractivity contribution >= 4 is 17.7 Å². The summed E-state index contributed by atoms with van der Waals surface area (Å²) in [5, 5.41) is 10.4. The molecule has 3 nitrogen and oxygen atoms in total. The van der Waals surface area contributed by atoms with Gasteiger partial charge < -0.3 is 5.11 Å². The quantitative estimate of drug-likeness (QED) is 0.877. The zero-order chi connectivity index (χ0) is 11.5. The van der Waals surface area contributed by atoms with Gasteiger partial charge in [-0.2, -0.15) is 0 Å². The van der Waals surface area contributed by atoms with Gasteiger partial charge in [0.1, 0.15) is 5.03 Å². The molecule has 1 aliphatic carbocycles. The molecule has 0 radical (unpaired) electrons. The lowest BCUT2D eigenvalue weighted by molar-refractivity contribution is 0.0691. The Labute approximate surface area is 99.3 Å². The second-order valence-corrected chi connectivity index (χ2v) is 5.43. The monoisotopic (exact) mass is 237 g/mol. The van der Waals surface area contributed by atoms with Crippen molar-refractivity contribution in [3.05, 3.63) is 23.4 Å². The number of carbonyl (C=O) groups is 1. The molecule has 0 bridgehead atoms. The van der Waals surface area contributed by atoms with Crippen LogP contribution in [0.2, 0.25) is 0 Å². The predicted molar refractivity (Wildman–Crippen MR) is 64.0 cm³/mol. The van der Waals surface area contributed by atoms with Crippen molar-refractivity contribution in [3.63, 3.8) is 0 Å². The van der Waals surface area contributed by atoms with Crippen molar-refractivity contribution in [2.75, 3.05) is 0 Å². The fourth-order valence-corrected chi connectivity index (χ4v) is 3.42. The van der Waals surface area contributed by atoms with Gasteiger partial charge in [0.25, 0.3) is 0 Å². The zero-order valence-corrected chi connectivity index (χ0v) is 10.1. The third-order valence-electron chi connectivity index (χ3n) is 2.92. The van der Waals surface area contributed by atoms with E-state index in [-0.39, 0.29) is 0 Å².